The van der Waals surface area contributed by atoms with E-state index in [1.807, 2.05) is 0 Å². The molecular weight excluding hydrogens is 299 g/mol. The first-order chi connectivity index (χ1) is 10.4. The molecule has 0 aliphatic carbocycles. The Labute approximate surface area is 122 Å². The predicted molar refractivity (Wildman–Crippen MR) is 69.6 cm³/mol. The SMILES string of the molecule is Oc1cccc(-c2nc(-c3ccc(C(F)(F)F)cn3)no2)c1. The number of aromatic nitrogens is 3. The van der Waals surface area contributed by atoms with Gasteiger partial charge in [0.2, 0.25) is 5.82 Å². The molecule has 0 amide bonds. The van der Waals surface area contributed by atoms with Gasteiger partial charge in [0.15, 0.2) is 0 Å². The molecule has 0 fully saturated rings. The van der Waals surface area contributed by atoms with Crippen molar-refractivity contribution >= 4 is 0 Å². The van der Waals surface area contributed by atoms with Gasteiger partial charge in [-0.3, -0.25) is 4.98 Å². The van der Waals surface area contributed by atoms with Crippen LogP contribution in [0.25, 0.3) is 23.0 Å². The minimum Gasteiger partial charge on any atom is -0.508 e. The highest BCUT2D eigenvalue weighted by Gasteiger charge is 2.30. The number of hydrogen-bond acceptors (Lipinski definition) is 5. The predicted octanol–water partition coefficient (Wildman–Crippen LogP) is 3.52. The van der Waals surface area contributed by atoms with Crippen LogP contribution < -0.4 is 0 Å². The van der Waals surface area contributed by atoms with Crippen LogP contribution in [0.2, 0.25) is 0 Å². The molecule has 0 saturated carbocycles. The van der Waals surface area contributed by atoms with Crippen molar-refractivity contribution in [2.24, 2.45) is 0 Å². The molecule has 0 radical (unpaired) electrons. The number of phenols is 1. The maximum absolute atomic E-state index is 12.5. The van der Waals surface area contributed by atoms with Crippen LogP contribution in [-0.4, -0.2) is 20.2 Å². The van der Waals surface area contributed by atoms with Crippen molar-refractivity contribution in [2.45, 2.75) is 6.18 Å². The second kappa shape index (κ2) is 5.14. The Kier molecular flexibility index (Phi) is 3.28. The van der Waals surface area contributed by atoms with Gasteiger partial charge in [-0.25, -0.2) is 0 Å². The molecule has 1 aromatic carbocycles. The summed E-state index contributed by atoms with van der Waals surface area (Å²) >= 11 is 0. The highest BCUT2D eigenvalue weighted by Crippen LogP contribution is 2.30. The van der Waals surface area contributed by atoms with E-state index in [1.165, 1.54) is 18.2 Å². The van der Waals surface area contributed by atoms with Gasteiger partial charge in [0.1, 0.15) is 11.4 Å². The molecule has 0 aliphatic heterocycles. The van der Waals surface area contributed by atoms with Gasteiger partial charge < -0.3 is 9.63 Å². The van der Waals surface area contributed by atoms with Gasteiger partial charge in [0.25, 0.3) is 5.89 Å². The fourth-order valence-corrected chi connectivity index (χ4v) is 1.78. The smallest absolute Gasteiger partial charge is 0.417 e. The van der Waals surface area contributed by atoms with E-state index >= 15 is 0 Å². The first-order valence-corrected chi connectivity index (χ1v) is 6.10. The van der Waals surface area contributed by atoms with Gasteiger partial charge in [-0.15, -0.1) is 0 Å². The number of pyridine rings is 1. The molecular formula is C14H8F3N3O2. The maximum atomic E-state index is 12.5. The summed E-state index contributed by atoms with van der Waals surface area (Å²) in [5.41, 5.74) is -0.207. The van der Waals surface area contributed by atoms with Crippen LogP contribution in [0.1, 0.15) is 5.56 Å². The average molecular weight is 307 g/mol. The molecule has 0 unspecified atom stereocenters. The van der Waals surface area contributed by atoms with E-state index in [4.69, 9.17) is 4.52 Å². The van der Waals surface area contributed by atoms with Crippen molar-refractivity contribution in [3.05, 3.63) is 48.2 Å². The average Bonchev–Trinajstić information content (AvgIpc) is 2.96. The van der Waals surface area contributed by atoms with Crippen molar-refractivity contribution < 1.29 is 22.8 Å². The standard InChI is InChI=1S/C14H8F3N3O2/c15-14(16,17)9-4-5-11(18-7-9)12-19-13(22-20-12)8-2-1-3-10(21)6-8/h1-7,21H. The minimum atomic E-state index is -4.45. The zero-order chi connectivity index (χ0) is 15.7. The van der Waals surface area contributed by atoms with E-state index in [0.29, 0.717) is 11.8 Å². The molecule has 0 bridgehead atoms. The van der Waals surface area contributed by atoms with Crippen LogP contribution in [0.4, 0.5) is 13.2 Å². The molecule has 0 atom stereocenters. The second-order valence-corrected chi connectivity index (χ2v) is 4.40. The molecule has 112 valence electrons. The van der Waals surface area contributed by atoms with Crippen LogP contribution >= 0.6 is 0 Å². The number of nitrogens with zero attached hydrogens (tertiary/aromatic N) is 3. The Morgan fingerprint density at radius 1 is 1.09 bits per heavy atom. The van der Waals surface area contributed by atoms with E-state index in [0.717, 1.165) is 6.07 Å². The summed E-state index contributed by atoms with van der Waals surface area (Å²) in [5.74, 6) is 0.226. The second-order valence-electron chi connectivity index (χ2n) is 4.40. The zero-order valence-electron chi connectivity index (χ0n) is 10.9. The van der Waals surface area contributed by atoms with Gasteiger partial charge in [0.05, 0.1) is 5.56 Å². The summed E-state index contributed by atoms with van der Waals surface area (Å²) in [5, 5.41) is 13.1. The van der Waals surface area contributed by atoms with E-state index in [1.54, 1.807) is 12.1 Å². The quantitative estimate of drug-likeness (QED) is 0.784. The van der Waals surface area contributed by atoms with Crippen molar-refractivity contribution in [2.75, 3.05) is 0 Å². The monoisotopic (exact) mass is 307 g/mol. The van der Waals surface area contributed by atoms with Crippen molar-refractivity contribution in [1.29, 1.82) is 0 Å². The van der Waals surface area contributed by atoms with Crippen LogP contribution in [0, 0.1) is 0 Å². The Morgan fingerprint density at radius 2 is 1.91 bits per heavy atom. The van der Waals surface area contributed by atoms with Gasteiger partial charge in [-0.1, -0.05) is 11.2 Å². The molecule has 1 N–H and O–H groups in total. The summed E-state index contributed by atoms with van der Waals surface area (Å²) in [4.78, 5) is 7.74. The highest BCUT2D eigenvalue weighted by molar-refractivity contribution is 5.58. The lowest BCUT2D eigenvalue weighted by molar-refractivity contribution is -0.137. The van der Waals surface area contributed by atoms with Crippen molar-refractivity contribution in [3.8, 4) is 28.7 Å². The van der Waals surface area contributed by atoms with Gasteiger partial charge in [0, 0.05) is 11.8 Å². The molecule has 2 aromatic heterocycles. The molecule has 3 aromatic rings. The number of rotatable bonds is 2. The normalized spacial score (nSPS) is 11.6. The van der Waals surface area contributed by atoms with Crippen molar-refractivity contribution in [3.63, 3.8) is 0 Å². The van der Waals surface area contributed by atoms with Gasteiger partial charge >= 0.3 is 6.18 Å². The van der Waals surface area contributed by atoms with Gasteiger partial charge in [-0.05, 0) is 30.3 Å². The van der Waals surface area contributed by atoms with E-state index in [2.05, 4.69) is 15.1 Å². The maximum Gasteiger partial charge on any atom is 0.417 e. The van der Waals surface area contributed by atoms with Crippen LogP contribution in [-0.2, 0) is 6.18 Å². The highest BCUT2D eigenvalue weighted by atomic mass is 19.4. The molecule has 3 rings (SSSR count). The number of benzene rings is 1. The zero-order valence-corrected chi connectivity index (χ0v) is 10.9. The van der Waals surface area contributed by atoms with Crippen LogP contribution in [0.15, 0.2) is 47.1 Å². The Morgan fingerprint density at radius 3 is 2.55 bits per heavy atom. The molecule has 0 saturated heterocycles. The number of halogens is 3. The Bertz CT molecular complexity index is 798. The summed E-state index contributed by atoms with van der Waals surface area (Å²) in [7, 11) is 0. The summed E-state index contributed by atoms with van der Waals surface area (Å²) in [6, 6.07) is 8.23. The summed E-state index contributed by atoms with van der Waals surface area (Å²) in [6.45, 7) is 0. The third kappa shape index (κ3) is 2.76. The van der Waals surface area contributed by atoms with E-state index in [-0.39, 0.29) is 23.2 Å². The van der Waals surface area contributed by atoms with E-state index < -0.39 is 11.7 Å². The lowest BCUT2D eigenvalue weighted by Gasteiger charge is -2.05. The molecule has 0 spiro atoms. The fourth-order valence-electron chi connectivity index (χ4n) is 1.78. The number of phenolic OH excluding ortho intramolecular Hbond substituents is 1. The molecule has 8 heteroatoms. The summed E-state index contributed by atoms with van der Waals surface area (Å²) in [6.07, 6.45) is -3.74. The summed E-state index contributed by atoms with van der Waals surface area (Å²) < 4.78 is 42.4. The first kappa shape index (κ1) is 14.1. The van der Waals surface area contributed by atoms with Crippen LogP contribution in [0.5, 0.6) is 5.75 Å². The number of alkyl halides is 3. The lowest BCUT2D eigenvalue weighted by Crippen LogP contribution is -2.05. The molecule has 0 aliphatic rings. The van der Waals surface area contributed by atoms with Crippen LogP contribution in [0.3, 0.4) is 0 Å². The van der Waals surface area contributed by atoms with E-state index in [9.17, 15) is 18.3 Å². The van der Waals surface area contributed by atoms with Gasteiger partial charge in [-0.2, -0.15) is 18.2 Å². The minimum absolute atomic E-state index is 0.0323. The molecule has 5 nitrogen and oxygen atoms in total. The molecule has 2 heterocycles. The Hall–Kier alpha value is -2.90. The third-order valence-corrected chi connectivity index (χ3v) is 2.84. The molecule has 22 heavy (non-hydrogen) atoms. The Balaban J connectivity index is 1.91. The fraction of sp³-hybridized carbons (Fsp3) is 0.0714. The third-order valence-electron chi connectivity index (χ3n) is 2.84. The lowest BCUT2D eigenvalue weighted by atomic mass is 10.2. The number of hydrogen-bond donors (Lipinski definition) is 1. The topological polar surface area (TPSA) is 72.0 Å². The first-order valence-electron chi connectivity index (χ1n) is 6.10. The number of aromatic hydroxyl groups is 1. The largest absolute Gasteiger partial charge is 0.508 e. The van der Waals surface area contributed by atoms with Crippen molar-refractivity contribution in [1.82, 2.24) is 15.1 Å².